The number of hydrogen-bond donors (Lipinski definition) is 1. The van der Waals surface area contributed by atoms with Crippen molar-refractivity contribution in [3.8, 4) is 5.75 Å². The molecule has 154 valence electrons. The van der Waals surface area contributed by atoms with Gasteiger partial charge in [-0.05, 0) is 61.6 Å². The number of nitrogens with zero attached hydrogens (tertiary/aromatic N) is 2. The van der Waals surface area contributed by atoms with E-state index < -0.39 is 6.09 Å². The van der Waals surface area contributed by atoms with E-state index in [2.05, 4.69) is 59.4 Å². The van der Waals surface area contributed by atoms with Crippen LogP contribution in [-0.4, -0.2) is 30.1 Å². The van der Waals surface area contributed by atoms with Gasteiger partial charge in [0.25, 0.3) is 0 Å². The lowest BCUT2D eigenvalue weighted by Crippen LogP contribution is -2.47. The van der Waals surface area contributed by atoms with Crippen molar-refractivity contribution in [1.82, 2.24) is 10.2 Å². The van der Waals surface area contributed by atoms with Crippen LogP contribution >= 0.6 is 0 Å². The molecule has 2 aliphatic rings. The lowest BCUT2D eigenvalue weighted by molar-refractivity contribution is 0.163. The number of hydrogen-bond acceptors (Lipinski definition) is 4. The predicted octanol–water partition coefficient (Wildman–Crippen LogP) is 4.86. The topological polar surface area (TPSA) is 44.8 Å². The minimum Gasteiger partial charge on any atom is -0.410 e. The van der Waals surface area contributed by atoms with E-state index in [9.17, 15) is 4.79 Å². The number of ether oxygens (including phenoxy) is 1. The quantitative estimate of drug-likeness (QED) is 0.806. The molecule has 4 rings (SSSR count). The molecule has 0 spiro atoms. The normalized spacial score (nSPS) is 18.5. The van der Waals surface area contributed by atoms with Gasteiger partial charge in [0.15, 0.2) is 0 Å². The molecule has 0 bridgehead atoms. The predicted molar refractivity (Wildman–Crippen MR) is 116 cm³/mol. The first kappa shape index (κ1) is 19.8. The van der Waals surface area contributed by atoms with E-state index in [4.69, 9.17) is 4.74 Å². The first-order valence-corrected chi connectivity index (χ1v) is 10.6. The summed E-state index contributed by atoms with van der Waals surface area (Å²) in [6.07, 6.45) is 2.86. The molecule has 0 aliphatic carbocycles. The zero-order valence-corrected chi connectivity index (χ0v) is 17.9. The number of carbonyl (C=O) groups excluding carboxylic acids is 1. The van der Waals surface area contributed by atoms with Crippen LogP contribution < -0.4 is 15.0 Å². The van der Waals surface area contributed by atoms with Crippen molar-refractivity contribution < 1.29 is 9.53 Å². The molecule has 1 amide bonds. The molecule has 2 aromatic rings. The molecule has 1 N–H and O–H groups in total. The molecule has 0 saturated heterocycles. The van der Waals surface area contributed by atoms with Crippen LogP contribution in [0.25, 0.3) is 0 Å². The van der Waals surface area contributed by atoms with Crippen LogP contribution in [0.5, 0.6) is 5.75 Å². The molecular weight excluding hydrogens is 362 g/mol. The number of anilines is 1. The average molecular weight is 394 g/mol. The molecule has 2 aromatic carbocycles. The smallest absolute Gasteiger partial charge is 0.410 e. The van der Waals surface area contributed by atoms with Crippen LogP contribution in [0.4, 0.5) is 10.5 Å². The van der Waals surface area contributed by atoms with Gasteiger partial charge in [-0.2, -0.15) is 0 Å². The van der Waals surface area contributed by atoms with Gasteiger partial charge in [0.1, 0.15) is 11.9 Å². The zero-order chi connectivity index (χ0) is 20.6. The fraction of sp³-hybridized carbons (Fsp3) is 0.458. The first-order chi connectivity index (χ1) is 13.9. The first-order valence-electron chi connectivity index (χ1n) is 10.6. The van der Waals surface area contributed by atoms with E-state index in [1.807, 2.05) is 26.0 Å². The minimum atomic E-state index is -0.391. The second-order valence-corrected chi connectivity index (χ2v) is 8.84. The van der Waals surface area contributed by atoms with E-state index in [0.717, 1.165) is 32.4 Å². The second kappa shape index (κ2) is 7.71. The highest BCUT2D eigenvalue weighted by atomic mass is 16.6. The largest absolute Gasteiger partial charge is 0.413 e. The molecule has 29 heavy (non-hydrogen) atoms. The summed E-state index contributed by atoms with van der Waals surface area (Å²) in [6.45, 7) is 8.05. The van der Waals surface area contributed by atoms with Crippen LogP contribution in [0.15, 0.2) is 42.5 Å². The third-order valence-electron chi connectivity index (χ3n) is 6.04. The number of amides is 1. The van der Waals surface area contributed by atoms with E-state index in [1.54, 1.807) is 0 Å². The second-order valence-electron chi connectivity index (χ2n) is 8.84. The van der Waals surface area contributed by atoms with Crippen molar-refractivity contribution in [3.63, 3.8) is 0 Å². The highest BCUT2D eigenvalue weighted by Gasteiger charge is 2.35. The van der Waals surface area contributed by atoms with Crippen molar-refractivity contribution in [2.75, 3.05) is 18.5 Å². The Balaban J connectivity index is 1.53. The van der Waals surface area contributed by atoms with Crippen molar-refractivity contribution in [2.45, 2.75) is 58.3 Å². The Morgan fingerprint density at radius 1 is 1.21 bits per heavy atom. The van der Waals surface area contributed by atoms with Gasteiger partial charge < -0.3 is 15.0 Å². The summed E-state index contributed by atoms with van der Waals surface area (Å²) in [5.74, 6) is 0.595. The van der Waals surface area contributed by atoms with Gasteiger partial charge in [-0.15, -0.1) is 0 Å². The maximum absolute atomic E-state index is 12.3. The summed E-state index contributed by atoms with van der Waals surface area (Å²) in [6, 6.07) is 14.7. The molecule has 0 aromatic heterocycles. The Hall–Kier alpha value is -2.53. The highest BCUT2D eigenvalue weighted by molar-refractivity contribution is 5.72. The summed E-state index contributed by atoms with van der Waals surface area (Å²) in [4.78, 5) is 17.2. The number of benzene rings is 2. The Morgan fingerprint density at radius 3 is 2.79 bits per heavy atom. The molecule has 0 fully saturated rings. The van der Waals surface area contributed by atoms with Gasteiger partial charge in [-0.3, -0.25) is 4.90 Å². The average Bonchev–Trinajstić information content (AvgIpc) is 2.67. The molecule has 2 heterocycles. The molecule has 2 aliphatic heterocycles. The van der Waals surface area contributed by atoms with E-state index >= 15 is 0 Å². The lowest BCUT2D eigenvalue weighted by Gasteiger charge is -2.47. The summed E-state index contributed by atoms with van der Waals surface area (Å²) >= 11 is 0. The fourth-order valence-electron chi connectivity index (χ4n) is 4.76. The van der Waals surface area contributed by atoms with E-state index in [1.165, 1.54) is 22.4 Å². The number of fused-ring (bicyclic) bond motifs is 4. The summed E-state index contributed by atoms with van der Waals surface area (Å²) in [5, 5.41) is 2.97. The zero-order valence-electron chi connectivity index (χ0n) is 17.9. The third-order valence-corrected chi connectivity index (χ3v) is 6.04. The summed E-state index contributed by atoms with van der Waals surface area (Å²) in [5.41, 5.74) is 4.96. The lowest BCUT2D eigenvalue weighted by atomic mass is 9.93. The van der Waals surface area contributed by atoms with Crippen LogP contribution in [0.1, 0.15) is 56.5 Å². The number of carbonyl (C=O) groups is 1. The van der Waals surface area contributed by atoms with Crippen LogP contribution in [-0.2, 0) is 13.0 Å². The van der Waals surface area contributed by atoms with Crippen molar-refractivity contribution >= 4 is 11.8 Å². The van der Waals surface area contributed by atoms with Crippen LogP contribution in [0, 0.1) is 0 Å². The van der Waals surface area contributed by atoms with Gasteiger partial charge in [0, 0.05) is 31.4 Å². The Bertz CT molecular complexity index is 909. The van der Waals surface area contributed by atoms with Gasteiger partial charge in [-0.1, -0.05) is 37.6 Å². The Morgan fingerprint density at radius 2 is 2.00 bits per heavy atom. The standard InChI is InChI=1S/C24H31N3O2/c1-5-13-24(2,3)25-23(28)29-19-10-11-21-18(15-19)16-27-14-12-17-8-6-7-9-20(17)22(27)26(21)4/h6-11,15,22H,5,12-14,16H2,1-4H3,(H,25,28). The van der Waals surface area contributed by atoms with Crippen LogP contribution in [0.2, 0.25) is 0 Å². The minimum absolute atomic E-state index is 0.261. The Kier molecular flexibility index (Phi) is 5.26. The van der Waals surface area contributed by atoms with Crippen LogP contribution in [0.3, 0.4) is 0 Å². The number of nitrogens with one attached hydrogen (secondary N) is 1. The maximum atomic E-state index is 12.3. The molecule has 5 heteroatoms. The summed E-state index contributed by atoms with van der Waals surface area (Å²) < 4.78 is 5.60. The SMILES string of the molecule is CCCC(C)(C)NC(=O)Oc1ccc2c(c1)CN1CCc3ccccc3C1N2C. The van der Waals surface area contributed by atoms with Crippen molar-refractivity contribution in [3.05, 3.63) is 59.2 Å². The maximum Gasteiger partial charge on any atom is 0.413 e. The van der Waals surface area contributed by atoms with E-state index in [-0.39, 0.29) is 11.7 Å². The molecule has 5 nitrogen and oxygen atoms in total. The number of rotatable bonds is 4. The fourth-order valence-corrected chi connectivity index (χ4v) is 4.76. The van der Waals surface area contributed by atoms with Crippen molar-refractivity contribution in [1.29, 1.82) is 0 Å². The molecule has 1 atom stereocenters. The Labute approximate surface area is 173 Å². The van der Waals surface area contributed by atoms with Crippen molar-refractivity contribution in [2.24, 2.45) is 0 Å². The summed E-state index contributed by atoms with van der Waals surface area (Å²) in [7, 11) is 2.15. The van der Waals surface area contributed by atoms with E-state index in [0.29, 0.717) is 5.75 Å². The van der Waals surface area contributed by atoms with Gasteiger partial charge in [0.2, 0.25) is 0 Å². The molecular formula is C24H31N3O2. The monoisotopic (exact) mass is 393 g/mol. The van der Waals surface area contributed by atoms with Gasteiger partial charge >= 0.3 is 6.09 Å². The third kappa shape index (κ3) is 3.97. The molecule has 0 radical (unpaired) electrons. The molecule has 0 saturated carbocycles. The van der Waals surface area contributed by atoms with Gasteiger partial charge in [-0.25, -0.2) is 4.79 Å². The molecule has 1 unspecified atom stereocenters. The highest BCUT2D eigenvalue weighted by Crippen LogP contribution is 2.42. The van der Waals surface area contributed by atoms with Gasteiger partial charge in [0.05, 0.1) is 0 Å².